The van der Waals surface area contributed by atoms with Gasteiger partial charge in [0.1, 0.15) is 0 Å². The van der Waals surface area contributed by atoms with Crippen molar-refractivity contribution in [3.8, 4) is 22.6 Å². The average molecular weight is 684 g/mol. The maximum atomic E-state index is 5.33. The van der Waals surface area contributed by atoms with Crippen LogP contribution in [0.5, 0.6) is 0 Å². The fraction of sp³-hybridized carbons (Fsp3) is 0.222. The minimum absolute atomic E-state index is 0.154. The monoisotopic (exact) mass is 683 g/mol. The van der Waals surface area contributed by atoms with E-state index in [1.165, 1.54) is 90.6 Å². The normalized spacial score (nSPS) is 19.3. The molecular weight excluding hydrogens is 647 g/mol. The molecule has 3 aliphatic carbocycles. The summed E-state index contributed by atoms with van der Waals surface area (Å²) in [4.78, 5) is 16.1. The van der Waals surface area contributed by atoms with Gasteiger partial charge in [0.2, 0.25) is 0 Å². The van der Waals surface area contributed by atoms with Crippen LogP contribution in [-0.2, 0) is 5.41 Å². The van der Waals surface area contributed by atoms with Gasteiger partial charge >= 0.3 is 0 Å². The van der Waals surface area contributed by atoms with Gasteiger partial charge in [-0.15, -0.1) is 23.1 Å². The molecule has 1 fully saturated rings. The highest BCUT2D eigenvalue weighted by Gasteiger charge is 2.43. The second kappa shape index (κ2) is 11.8. The first-order valence-electron chi connectivity index (χ1n) is 17.9. The summed E-state index contributed by atoms with van der Waals surface area (Å²) >= 11 is 3.76. The van der Waals surface area contributed by atoms with Crippen molar-refractivity contribution in [1.82, 2.24) is 15.0 Å². The summed E-state index contributed by atoms with van der Waals surface area (Å²) in [7, 11) is 0. The van der Waals surface area contributed by atoms with Crippen molar-refractivity contribution in [2.45, 2.75) is 67.9 Å². The standard InChI is InChI=1S/C45H37N3S2/c1-27(25-37-28(2)31-11-4-6-15-36(31)45(37)21-8-3-9-22-45)30-17-18-39-35(26-30)32-13-10-14-34(42(32)49-39)44-47-40(29-19-23-46-24-20-29)43-41(48-44)33-12-5-7-16-38(33)50-43/h4-7,10-15,17-20,23-26,38H,3,8-9,16,21-22H2,1-2H3/b27-25+. The molecule has 0 amide bonds. The molecule has 3 aromatic carbocycles. The van der Waals surface area contributed by atoms with Crippen LogP contribution in [0, 0.1) is 0 Å². The number of thiophene rings is 1. The maximum absolute atomic E-state index is 5.33. The Labute approximate surface area is 301 Å². The van der Waals surface area contributed by atoms with Crippen molar-refractivity contribution >= 4 is 60.0 Å². The van der Waals surface area contributed by atoms with Crippen molar-refractivity contribution in [3.05, 3.63) is 137 Å². The van der Waals surface area contributed by atoms with Crippen LogP contribution in [0.2, 0.25) is 0 Å². The number of rotatable bonds is 4. The lowest BCUT2D eigenvalue weighted by atomic mass is 9.66. The Morgan fingerprint density at radius 1 is 0.860 bits per heavy atom. The van der Waals surface area contributed by atoms with E-state index in [0.29, 0.717) is 5.25 Å². The third kappa shape index (κ3) is 4.59. The van der Waals surface area contributed by atoms with E-state index in [2.05, 4.69) is 116 Å². The number of hydrogen-bond donors (Lipinski definition) is 0. The molecule has 0 bridgehead atoms. The molecule has 4 aliphatic rings. The SMILES string of the molecule is CC1=C(/C=C(\C)c2ccc3sc4c(-c5nc6c(c(-c7ccncc7)n5)SC5CC=CC=C65)cccc4c3c2)C2(CCCCC2)c2ccccc21. The smallest absolute Gasteiger partial charge is 0.161 e. The van der Waals surface area contributed by atoms with E-state index in [0.717, 1.165) is 34.8 Å². The van der Waals surface area contributed by atoms with Gasteiger partial charge in [0.25, 0.3) is 0 Å². The summed E-state index contributed by atoms with van der Waals surface area (Å²) in [5.74, 6) is 0.793. The highest BCUT2D eigenvalue weighted by Crippen LogP contribution is 2.55. The molecule has 0 radical (unpaired) electrons. The molecule has 0 N–H and O–H groups in total. The Hall–Kier alpha value is -4.58. The van der Waals surface area contributed by atoms with E-state index >= 15 is 0 Å². The Kier molecular flexibility index (Phi) is 7.11. The van der Waals surface area contributed by atoms with Gasteiger partial charge < -0.3 is 0 Å². The Morgan fingerprint density at radius 2 is 1.68 bits per heavy atom. The lowest BCUT2D eigenvalue weighted by Gasteiger charge is -2.37. The van der Waals surface area contributed by atoms with Gasteiger partial charge in [-0.2, -0.15) is 0 Å². The maximum Gasteiger partial charge on any atom is 0.161 e. The van der Waals surface area contributed by atoms with E-state index in [1.54, 1.807) is 5.56 Å². The van der Waals surface area contributed by atoms with Gasteiger partial charge in [-0.05, 0) is 102 Å². The zero-order valence-electron chi connectivity index (χ0n) is 28.4. The minimum atomic E-state index is 0.154. The van der Waals surface area contributed by atoms with Crippen molar-refractivity contribution in [3.63, 3.8) is 0 Å². The third-order valence-corrected chi connectivity index (χ3v) is 14.1. The number of pyridine rings is 1. The Balaban J connectivity index is 1.09. The predicted octanol–water partition coefficient (Wildman–Crippen LogP) is 12.5. The van der Waals surface area contributed by atoms with Gasteiger partial charge in [0.15, 0.2) is 5.82 Å². The fourth-order valence-corrected chi connectivity index (χ4v) is 11.6. The van der Waals surface area contributed by atoms with Gasteiger partial charge in [-0.1, -0.05) is 86.0 Å². The average Bonchev–Trinajstić information content (AvgIpc) is 3.81. The highest BCUT2D eigenvalue weighted by atomic mass is 32.2. The highest BCUT2D eigenvalue weighted by molar-refractivity contribution is 8.01. The first kappa shape index (κ1) is 30.3. The van der Waals surface area contributed by atoms with E-state index in [-0.39, 0.29) is 5.41 Å². The van der Waals surface area contributed by atoms with Crippen LogP contribution in [0.3, 0.4) is 0 Å². The summed E-state index contributed by atoms with van der Waals surface area (Å²) in [5.41, 5.74) is 14.4. The number of aromatic nitrogens is 3. The summed E-state index contributed by atoms with van der Waals surface area (Å²) < 4.78 is 2.54. The van der Waals surface area contributed by atoms with E-state index < -0.39 is 0 Å². The van der Waals surface area contributed by atoms with Gasteiger partial charge in [-0.25, -0.2) is 9.97 Å². The largest absolute Gasteiger partial charge is 0.265 e. The Morgan fingerprint density at radius 3 is 2.56 bits per heavy atom. The quantitative estimate of drug-likeness (QED) is 0.185. The summed E-state index contributed by atoms with van der Waals surface area (Å²) in [6, 6.07) is 27.0. The Bertz CT molecular complexity index is 2490. The van der Waals surface area contributed by atoms with Crippen molar-refractivity contribution in [2.24, 2.45) is 0 Å². The first-order chi connectivity index (χ1) is 24.6. The van der Waals surface area contributed by atoms with Crippen LogP contribution < -0.4 is 0 Å². The zero-order chi connectivity index (χ0) is 33.4. The van der Waals surface area contributed by atoms with Crippen molar-refractivity contribution < 1.29 is 0 Å². The number of allylic oxidation sites excluding steroid dienone is 7. The molecule has 6 aromatic rings. The molecule has 0 saturated heterocycles. The third-order valence-electron chi connectivity index (χ3n) is 11.5. The van der Waals surface area contributed by atoms with Crippen molar-refractivity contribution in [1.29, 1.82) is 0 Å². The van der Waals surface area contributed by atoms with Gasteiger partial charge in [0, 0.05) is 54.4 Å². The molecule has 3 aromatic heterocycles. The molecule has 1 saturated carbocycles. The summed E-state index contributed by atoms with van der Waals surface area (Å²) in [5, 5.41) is 2.96. The zero-order valence-corrected chi connectivity index (χ0v) is 30.0. The molecule has 1 unspecified atom stereocenters. The van der Waals surface area contributed by atoms with E-state index in [4.69, 9.17) is 9.97 Å². The number of thioether (sulfide) groups is 1. The molecule has 1 spiro atoms. The molecule has 50 heavy (non-hydrogen) atoms. The summed E-state index contributed by atoms with van der Waals surface area (Å²) in [6.45, 7) is 4.65. The lowest BCUT2D eigenvalue weighted by molar-refractivity contribution is 0.350. The van der Waals surface area contributed by atoms with Gasteiger partial charge in [0.05, 0.1) is 16.3 Å². The van der Waals surface area contributed by atoms with Crippen LogP contribution in [0.15, 0.2) is 120 Å². The first-order valence-corrected chi connectivity index (χ1v) is 19.6. The number of fused-ring (bicyclic) bond motifs is 8. The van der Waals surface area contributed by atoms with Crippen LogP contribution in [0.4, 0.5) is 0 Å². The van der Waals surface area contributed by atoms with E-state index in [9.17, 15) is 0 Å². The molecule has 10 rings (SSSR count). The number of hydrogen-bond acceptors (Lipinski definition) is 5. The lowest BCUT2D eigenvalue weighted by Crippen LogP contribution is -2.28. The second-order valence-electron chi connectivity index (χ2n) is 14.3. The molecule has 1 atom stereocenters. The van der Waals surface area contributed by atoms with Crippen LogP contribution in [0.25, 0.3) is 59.5 Å². The molecule has 1 aliphatic heterocycles. The molecule has 244 valence electrons. The number of nitrogens with zero attached hydrogens (tertiary/aromatic N) is 3. The van der Waals surface area contributed by atoms with Crippen LogP contribution in [-0.4, -0.2) is 20.2 Å². The molecular formula is C45H37N3S2. The molecule has 5 heteroatoms. The molecule has 4 heterocycles. The molecule has 3 nitrogen and oxygen atoms in total. The van der Waals surface area contributed by atoms with E-state index in [1.807, 2.05) is 35.5 Å². The second-order valence-corrected chi connectivity index (χ2v) is 16.5. The van der Waals surface area contributed by atoms with Gasteiger partial charge in [-0.3, -0.25) is 4.98 Å². The topological polar surface area (TPSA) is 38.7 Å². The number of benzene rings is 3. The van der Waals surface area contributed by atoms with Crippen LogP contribution in [0.1, 0.15) is 74.8 Å². The fourth-order valence-electron chi connectivity index (χ4n) is 9.01. The predicted molar refractivity (Wildman–Crippen MR) is 212 cm³/mol. The van der Waals surface area contributed by atoms with Crippen molar-refractivity contribution in [2.75, 3.05) is 0 Å². The minimum Gasteiger partial charge on any atom is -0.265 e. The summed E-state index contributed by atoms with van der Waals surface area (Å²) in [6.07, 6.45) is 20.4. The van der Waals surface area contributed by atoms with Crippen LogP contribution >= 0.6 is 23.1 Å².